The topological polar surface area (TPSA) is 42.4 Å². The first-order valence-corrected chi connectivity index (χ1v) is 8.71. The van der Waals surface area contributed by atoms with E-state index in [1.54, 1.807) is 11.4 Å². The second kappa shape index (κ2) is 6.99. The molecule has 1 aromatic heterocycles. The van der Waals surface area contributed by atoms with Crippen LogP contribution in [-0.2, 0) is 12.6 Å². The molecule has 7 heteroatoms. The van der Waals surface area contributed by atoms with Gasteiger partial charge in [0, 0.05) is 22.6 Å². The molecule has 0 atom stereocenters. The highest BCUT2D eigenvalue weighted by atomic mass is 32.1. The van der Waals surface area contributed by atoms with E-state index in [2.05, 4.69) is 4.37 Å². The first-order valence-electron chi connectivity index (χ1n) is 7.87. The SMILES string of the molecule is CCc1cc(-c2nscc2-c2ccc(C(F)(F)F)cc2)c(O)cc1OC. The minimum absolute atomic E-state index is 0.0121. The van der Waals surface area contributed by atoms with Crippen molar-refractivity contribution in [1.29, 1.82) is 0 Å². The van der Waals surface area contributed by atoms with Gasteiger partial charge in [-0.05, 0) is 47.3 Å². The number of ether oxygens (including phenoxy) is 1. The Kier molecular flexibility index (Phi) is 4.91. The van der Waals surface area contributed by atoms with Gasteiger partial charge < -0.3 is 9.84 Å². The smallest absolute Gasteiger partial charge is 0.416 e. The van der Waals surface area contributed by atoms with Gasteiger partial charge in [-0.15, -0.1) is 0 Å². The number of hydrogen-bond acceptors (Lipinski definition) is 4. The minimum atomic E-state index is -4.38. The molecule has 136 valence electrons. The van der Waals surface area contributed by atoms with Crippen LogP contribution in [0, 0.1) is 0 Å². The van der Waals surface area contributed by atoms with Crippen molar-refractivity contribution in [2.45, 2.75) is 19.5 Å². The third-order valence-electron chi connectivity index (χ3n) is 4.13. The lowest BCUT2D eigenvalue weighted by Crippen LogP contribution is -2.04. The number of alkyl halides is 3. The molecular formula is C19H16F3NO2S. The van der Waals surface area contributed by atoms with E-state index in [1.165, 1.54) is 36.8 Å². The van der Waals surface area contributed by atoms with Crippen LogP contribution >= 0.6 is 11.5 Å². The van der Waals surface area contributed by atoms with Gasteiger partial charge in [-0.25, -0.2) is 0 Å². The fourth-order valence-electron chi connectivity index (χ4n) is 2.74. The molecule has 0 saturated carbocycles. The lowest BCUT2D eigenvalue weighted by atomic mass is 9.98. The van der Waals surface area contributed by atoms with Crippen LogP contribution in [0.25, 0.3) is 22.4 Å². The average molecular weight is 379 g/mol. The first kappa shape index (κ1) is 18.3. The lowest BCUT2D eigenvalue weighted by molar-refractivity contribution is -0.137. The van der Waals surface area contributed by atoms with Gasteiger partial charge in [0.15, 0.2) is 0 Å². The molecule has 0 fully saturated rings. The standard InChI is InChI=1S/C19H16F3NO2S/c1-3-11-8-14(16(24)9-17(11)25-2)18-15(10-26-23-18)12-4-6-13(7-5-12)19(20,21)22/h4-10,24H,3H2,1-2H3. The van der Waals surface area contributed by atoms with E-state index in [0.717, 1.165) is 17.7 Å². The molecule has 1 N–H and O–H groups in total. The van der Waals surface area contributed by atoms with E-state index >= 15 is 0 Å². The summed E-state index contributed by atoms with van der Waals surface area (Å²) < 4.78 is 47.9. The maximum absolute atomic E-state index is 12.8. The number of nitrogens with zero attached hydrogens (tertiary/aromatic N) is 1. The van der Waals surface area contributed by atoms with Gasteiger partial charge in [0.2, 0.25) is 0 Å². The molecule has 0 radical (unpaired) electrons. The van der Waals surface area contributed by atoms with Crippen molar-refractivity contribution in [3.8, 4) is 33.9 Å². The summed E-state index contributed by atoms with van der Waals surface area (Å²) in [5, 5.41) is 12.1. The predicted molar refractivity (Wildman–Crippen MR) is 95.6 cm³/mol. The summed E-state index contributed by atoms with van der Waals surface area (Å²) in [6.45, 7) is 1.97. The summed E-state index contributed by atoms with van der Waals surface area (Å²) >= 11 is 1.18. The number of methoxy groups -OCH3 is 1. The number of aryl methyl sites for hydroxylation is 1. The summed E-state index contributed by atoms with van der Waals surface area (Å²) in [6, 6.07) is 8.25. The molecule has 0 bridgehead atoms. The maximum Gasteiger partial charge on any atom is 0.416 e. The number of benzene rings is 2. The zero-order chi connectivity index (χ0) is 18.9. The fraction of sp³-hybridized carbons (Fsp3) is 0.211. The second-order valence-electron chi connectivity index (χ2n) is 5.69. The van der Waals surface area contributed by atoms with E-state index in [4.69, 9.17) is 4.74 Å². The highest BCUT2D eigenvalue weighted by Crippen LogP contribution is 2.41. The Morgan fingerprint density at radius 3 is 2.38 bits per heavy atom. The van der Waals surface area contributed by atoms with E-state index in [-0.39, 0.29) is 5.75 Å². The van der Waals surface area contributed by atoms with Gasteiger partial charge in [-0.2, -0.15) is 17.5 Å². The molecule has 3 rings (SSSR count). The molecule has 26 heavy (non-hydrogen) atoms. The van der Waals surface area contributed by atoms with E-state index in [9.17, 15) is 18.3 Å². The fourth-order valence-corrected chi connectivity index (χ4v) is 3.45. The quantitative estimate of drug-likeness (QED) is 0.625. The van der Waals surface area contributed by atoms with Crippen molar-refractivity contribution in [2.75, 3.05) is 7.11 Å². The molecule has 0 amide bonds. The number of phenols is 1. The Labute approximate surface area is 152 Å². The molecule has 0 unspecified atom stereocenters. The zero-order valence-electron chi connectivity index (χ0n) is 14.1. The largest absolute Gasteiger partial charge is 0.507 e. The van der Waals surface area contributed by atoms with Crippen LogP contribution in [0.1, 0.15) is 18.1 Å². The number of hydrogen-bond donors (Lipinski definition) is 1. The van der Waals surface area contributed by atoms with Gasteiger partial charge in [-0.1, -0.05) is 19.1 Å². The number of rotatable bonds is 4. The second-order valence-corrected chi connectivity index (χ2v) is 6.32. The normalized spacial score (nSPS) is 11.6. The molecule has 0 aliphatic rings. The molecule has 2 aromatic carbocycles. The molecular weight excluding hydrogens is 363 g/mol. The lowest BCUT2D eigenvalue weighted by Gasteiger charge is -2.12. The zero-order valence-corrected chi connectivity index (χ0v) is 14.9. The number of aromatic hydroxyl groups is 1. The van der Waals surface area contributed by atoms with E-state index in [0.29, 0.717) is 34.6 Å². The number of phenolic OH excluding ortho intramolecular Hbond substituents is 1. The highest BCUT2D eigenvalue weighted by molar-refractivity contribution is 7.04. The van der Waals surface area contributed by atoms with Crippen molar-refractivity contribution in [2.24, 2.45) is 0 Å². The van der Waals surface area contributed by atoms with E-state index in [1.807, 2.05) is 6.92 Å². The third kappa shape index (κ3) is 3.39. The van der Waals surface area contributed by atoms with Crippen LogP contribution in [0.3, 0.4) is 0 Å². The van der Waals surface area contributed by atoms with Crippen LogP contribution < -0.4 is 4.74 Å². The summed E-state index contributed by atoms with van der Waals surface area (Å²) in [5.74, 6) is 0.596. The summed E-state index contributed by atoms with van der Waals surface area (Å²) in [5.41, 5.74) is 2.54. The molecule has 3 aromatic rings. The molecule has 0 saturated heterocycles. The Balaban J connectivity index is 2.07. The highest BCUT2D eigenvalue weighted by Gasteiger charge is 2.30. The molecule has 0 aliphatic heterocycles. The maximum atomic E-state index is 12.8. The van der Waals surface area contributed by atoms with Crippen molar-refractivity contribution in [1.82, 2.24) is 4.37 Å². The van der Waals surface area contributed by atoms with Gasteiger partial charge in [-0.3, -0.25) is 0 Å². The first-order chi connectivity index (χ1) is 12.3. The Morgan fingerprint density at radius 2 is 1.81 bits per heavy atom. The number of halogens is 3. The van der Waals surface area contributed by atoms with Crippen molar-refractivity contribution >= 4 is 11.5 Å². The molecule has 3 nitrogen and oxygen atoms in total. The molecule has 1 heterocycles. The summed E-state index contributed by atoms with van der Waals surface area (Å²) in [4.78, 5) is 0. The Morgan fingerprint density at radius 1 is 1.12 bits per heavy atom. The van der Waals surface area contributed by atoms with Crippen LogP contribution in [0.5, 0.6) is 11.5 Å². The Hall–Kier alpha value is -2.54. The molecule has 0 spiro atoms. The van der Waals surface area contributed by atoms with Crippen LogP contribution in [-0.4, -0.2) is 16.6 Å². The molecule has 0 aliphatic carbocycles. The third-order valence-corrected chi connectivity index (χ3v) is 4.76. The van der Waals surface area contributed by atoms with Crippen LogP contribution in [0.2, 0.25) is 0 Å². The summed E-state index contributed by atoms with van der Waals surface area (Å²) in [7, 11) is 1.53. The van der Waals surface area contributed by atoms with Crippen molar-refractivity contribution < 1.29 is 23.0 Å². The van der Waals surface area contributed by atoms with Crippen molar-refractivity contribution in [3.05, 3.63) is 52.9 Å². The minimum Gasteiger partial charge on any atom is -0.507 e. The Bertz CT molecular complexity index is 918. The van der Waals surface area contributed by atoms with Gasteiger partial charge in [0.25, 0.3) is 0 Å². The van der Waals surface area contributed by atoms with Crippen molar-refractivity contribution in [3.63, 3.8) is 0 Å². The van der Waals surface area contributed by atoms with E-state index < -0.39 is 11.7 Å². The predicted octanol–water partition coefficient (Wildman–Crippen LogP) is 5.77. The monoisotopic (exact) mass is 379 g/mol. The summed E-state index contributed by atoms with van der Waals surface area (Å²) in [6.07, 6.45) is -3.67. The number of aromatic nitrogens is 1. The van der Waals surface area contributed by atoms with Gasteiger partial charge in [0.1, 0.15) is 11.5 Å². The average Bonchev–Trinajstić information content (AvgIpc) is 3.10. The van der Waals surface area contributed by atoms with Crippen LogP contribution in [0.4, 0.5) is 13.2 Å². The van der Waals surface area contributed by atoms with Gasteiger partial charge in [0.05, 0.1) is 18.4 Å². The van der Waals surface area contributed by atoms with Gasteiger partial charge >= 0.3 is 6.18 Å². The van der Waals surface area contributed by atoms with Crippen LogP contribution in [0.15, 0.2) is 41.8 Å².